The number of ether oxygens (including phenoxy) is 2. The van der Waals surface area contributed by atoms with Crippen LogP contribution in [0.4, 0.5) is 0 Å². The second kappa shape index (κ2) is 72.3. The number of hydrogen-bond donors (Lipinski definition) is 2. The van der Waals surface area contributed by atoms with Gasteiger partial charge in [0.05, 0.1) is 13.2 Å². The zero-order valence-electron chi connectivity index (χ0n) is 57.0. The van der Waals surface area contributed by atoms with Crippen LogP contribution in [0.3, 0.4) is 0 Å². The zero-order valence-corrected chi connectivity index (χ0v) is 57.9. The molecule has 0 saturated heterocycles. The highest BCUT2D eigenvalue weighted by Gasteiger charge is 2.26. The van der Waals surface area contributed by atoms with Crippen molar-refractivity contribution < 1.29 is 37.6 Å². The number of phosphoric acid groups is 1. The summed E-state index contributed by atoms with van der Waals surface area (Å²) in [5, 5.41) is 0. The maximum Gasteiger partial charge on any atom is 0.472 e. The van der Waals surface area contributed by atoms with Gasteiger partial charge in [-0.2, -0.15) is 0 Å². The van der Waals surface area contributed by atoms with Crippen molar-refractivity contribution in [1.29, 1.82) is 0 Å². The molecule has 0 bridgehead atoms. The number of unbranched alkanes of at least 4 members (excludes halogenated alkanes) is 43. The predicted molar refractivity (Wildman–Crippen MR) is 376 cm³/mol. The van der Waals surface area contributed by atoms with E-state index < -0.39 is 26.5 Å². The summed E-state index contributed by atoms with van der Waals surface area (Å²) in [6.07, 6.45) is 97.0. The van der Waals surface area contributed by atoms with E-state index in [9.17, 15) is 19.0 Å². The second-order valence-corrected chi connectivity index (χ2v) is 26.2. The van der Waals surface area contributed by atoms with Gasteiger partial charge in [0.1, 0.15) is 6.61 Å². The Balaban J connectivity index is 3.81. The largest absolute Gasteiger partial charge is 0.472 e. The Morgan fingerprint density at radius 3 is 0.943 bits per heavy atom. The summed E-state index contributed by atoms with van der Waals surface area (Å²) in [6, 6.07) is 0. The lowest BCUT2D eigenvalue weighted by molar-refractivity contribution is -0.161. The van der Waals surface area contributed by atoms with Crippen molar-refractivity contribution in [2.75, 3.05) is 26.4 Å². The van der Waals surface area contributed by atoms with Gasteiger partial charge in [0.2, 0.25) is 0 Å². The molecule has 87 heavy (non-hydrogen) atoms. The molecule has 2 atom stereocenters. The summed E-state index contributed by atoms with van der Waals surface area (Å²) in [7, 11) is -4.40. The molecule has 10 heteroatoms. The number of rotatable bonds is 70. The van der Waals surface area contributed by atoms with Gasteiger partial charge in [-0.3, -0.25) is 18.6 Å². The predicted octanol–water partition coefficient (Wildman–Crippen LogP) is 24.5. The molecule has 3 N–H and O–H groups in total. The molecule has 0 aliphatic heterocycles. The fourth-order valence-corrected chi connectivity index (χ4v) is 11.6. The van der Waals surface area contributed by atoms with Crippen LogP contribution >= 0.6 is 7.82 Å². The van der Waals surface area contributed by atoms with Gasteiger partial charge in [-0.05, 0) is 89.9 Å². The fourth-order valence-electron chi connectivity index (χ4n) is 10.8. The Bertz CT molecular complexity index is 1700. The van der Waals surface area contributed by atoms with Crippen LogP contribution < -0.4 is 5.73 Å². The van der Waals surface area contributed by atoms with Crippen molar-refractivity contribution in [3.8, 4) is 0 Å². The molecule has 0 aromatic carbocycles. The summed E-state index contributed by atoms with van der Waals surface area (Å²) in [5.41, 5.74) is 5.41. The van der Waals surface area contributed by atoms with Crippen molar-refractivity contribution in [1.82, 2.24) is 0 Å². The smallest absolute Gasteiger partial charge is 0.462 e. The summed E-state index contributed by atoms with van der Waals surface area (Å²) in [6.45, 7) is 3.67. The third-order valence-electron chi connectivity index (χ3n) is 16.3. The Morgan fingerprint density at radius 1 is 0.356 bits per heavy atom. The molecule has 0 rings (SSSR count). The fraction of sp³-hybridized carbons (Fsp3) is 0.792. The lowest BCUT2D eigenvalue weighted by Gasteiger charge is -2.19. The highest BCUT2D eigenvalue weighted by Crippen LogP contribution is 2.43. The van der Waals surface area contributed by atoms with Crippen molar-refractivity contribution in [3.63, 3.8) is 0 Å². The van der Waals surface area contributed by atoms with Gasteiger partial charge >= 0.3 is 19.8 Å². The number of phosphoric ester groups is 1. The first-order valence-corrected chi connectivity index (χ1v) is 38.6. The maximum absolute atomic E-state index is 12.8. The van der Waals surface area contributed by atoms with Crippen LogP contribution in [0.1, 0.15) is 361 Å². The van der Waals surface area contributed by atoms with E-state index in [0.29, 0.717) is 6.42 Å². The number of carbonyl (C=O) groups is 2. The molecule has 0 radical (unpaired) electrons. The minimum atomic E-state index is -4.40. The molecule has 0 aliphatic rings. The van der Waals surface area contributed by atoms with Crippen molar-refractivity contribution in [2.45, 2.75) is 367 Å². The highest BCUT2D eigenvalue weighted by atomic mass is 31.2. The second-order valence-electron chi connectivity index (χ2n) is 24.8. The van der Waals surface area contributed by atoms with Crippen LogP contribution in [-0.4, -0.2) is 49.3 Å². The Hall–Kier alpha value is -2.81. The van der Waals surface area contributed by atoms with Crippen LogP contribution in [0.15, 0.2) is 85.1 Å². The molecule has 0 amide bonds. The molecule has 0 aliphatic carbocycles. The number of esters is 2. The highest BCUT2D eigenvalue weighted by molar-refractivity contribution is 7.47. The maximum atomic E-state index is 12.8. The molecule has 2 unspecified atom stereocenters. The molecule has 0 spiro atoms. The number of hydrogen-bond acceptors (Lipinski definition) is 8. The van der Waals surface area contributed by atoms with E-state index in [4.69, 9.17) is 24.3 Å². The molecule has 0 saturated carbocycles. The van der Waals surface area contributed by atoms with Gasteiger partial charge in [0.25, 0.3) is 0 Å². The Labute approximate surface area is 538 Å². The van der Waals surface area contributed by atoms with Gasteiger partial charge in [0, 0.05) is 19.4 Å². The van der Waals surface area contributed by atoms with E-state index in [1.165, 1.54) is 250 Å². The monoisotopic (exact) mass is 1240 g/mol. The summed E-state index contributed by atoms with van der Waals surface area (Å²) in [4.78, 5) is 35.4. The first-order valence-electron chi connectivity index (χ1n) is 37.1. The van der Waals surface area contributed by atoms with Crippen LogP contribution in [0, 0.1) is 0 Å². The first-order chi connectivity index (χ1) is 42.8. The van der Waals surface area contributed by atoms with Crippen LogP contribution in [0.25, 0.3) is 0 Å². The Kier molecular flexibility index (Phi) is 69.9. The van der Waals surface area contributed by atoms with E-state index in [-0.39, 0.29) is 38.6 Å². The molecule has 9 nitrogen and oxygen atoms in total. The molecule has 506 valence electrons. The third kappa shape index (κ3) is 72.1. The quantitative estimate of drug-likeness (QED) is 0.0264. The standard InChI is InChI=1S/C77H140NO8P/c1-3-5-7-9-11-13-15-17-19-21-23-25-27-29-31-33-35-36-37-38-40-41-43-45-47-49-51-53-55-57-59-61-63-65-67-69-76(79)83-73-75(74-85-87(81,82)84-72-71-78)86-77(80)70-68-66-64-62-60-58-56-54-52-50-48-46-44-42-39-34-32-30-28-26-24-22-20-18-16-14-12-10-8-6-4-2/h6,8,12,14-15,17-18,20-21,23-24,26,30,32,75H,3-5,7,9-11,13,16,19,22,25,27-29,31,33-74,78H2,1-2H3,(H,81,82)/b8-6-,14-12-,17-15-,20-18-,23-21-,26-24-,32-30-. The van der Waals surface area contributed by atoms with E-state index in [0.717, 1.165) is 77.0 Å². The zero-order chi connectivity index (χ0) is 63.0. The molecular weight excluding hydrogens is 1100 g/mol. The van der Waals surface area contributed by atoms with Crippen molar-refractivity contribution in [2.24, 2.45) is 5.73 Å². The summed E-state index contributed by atoms with van der Waals surface area (Å²) in [5.74, 6) is -0.813. The average molecular weight is 1240 g/mol. The van der Waals surface area contributed by atoms with Gasteiger partial charge in [-0.25, -0.2) is 4.57 Å². The van der Waals surface area contributed by atoms with Gasteiger partial charge in [-0.15, -0.1) is 0 Å². The molecule has 0 aromatic heterocycles. The van der Waals surface area contributed by atoms with Gasteiger partial charge in [-0.1, -0.05) is 343 Å². The third-order valence-corrected chi connectivity index (χ3v) is 17.2. The van der Waals surface area contributed by atoms with E-state index >= 15 is 0 Å². The van der Waals surface area contributed by atoms with Crippen LogP contribution in [-0.2, 0) is 32.7 Å². The number of nitrogens with two attached hydrogens (primary N) is 1. The van der Waals surface area contributed by atoms with Crippen LogP contribution in [0.5, 0.6) is 0 Å². The van der Waals surface area contributed by atoms with Gasteiger partial charge in [0.15, 0.2) is 6.10 Å². The van der Waals surface area contributed by atoms with E-state index in [1.54, 1.807) is 0 Å². The van der Waals surface area contributed by atoms with Crippen molar-refractivity contribution in [3.05, 3.63) is 85.1 Å². The van der Waals surface area contributed by atoms with Crippen molar-refractivity contribution >= 4 is 19.8 Å². The first kappa shape index (κ1) is 84.2. The normalized spacial score (nSPS) is 13.4. The molecule has 0 aromatic rings. The van der Waals surface area contributed by atoms with E-state index in [2.05, 4.69) is 98.9 Å². The molecular formula is C77H140NO8P. The van der Waals surface area contributed by atoms with E-state index in [1.807, 2.05) is 0 Å². The SMILES string of the molecule is CC/C=C\C/C=C\C/C=C\C/C=C\C/C=C\CCCCCCCCCCCCCCCCCC(=O)OC(COC(=O)CCCCCCCCCCCCCCCCCCCCCCCCC/C=C\C/C=C\CCCCCCC)COP(=O)(O)OCCN. The minimum Gasteiger partial charge on any atom is -0.462 e. The molecule has 0 heterocycles. The number of carbonyl (C=O) groups excluding carboxylic acids is 2. The topological polar surface area (TPSA) is 134 Å². The average Bonchev–Trinajstić information content (AvgIpc) is 3.66. The number of allylic oxidation sites excluding steroid dienone is 14. The summed E-state index contributed by atoms with van der Waals surface area (Å²) < 4.78 is 33.2. The molecule has 0 fully saturated rings. The Morgan fingerprint density at radius 2 is 0.632 bits per heavy atom. The van der Waals surface area contributed by atoms with Gasteiger partial charge < -0.3 is 20.1 Å². The summed E-state index contributed by atoms with van der Waals surface area (Å²) >= 11 is 0. The minimum absolute atomic E-state index is 0.0529. The van der Waals surface area contributed by atoms with Crippen LogP contribution in [0.2, 0.25) is 0 Å². The lowest BCUT2D eigenvalue weighted by atomic mass is 10.0. The lowest BCUT2D eigenvalue weighted by Crippen LogP contribution is -2.29.